The molecular formula is C27H25NO6. The standard InChI is InChI=1S/C27H25NO6/c1-18-5-3-4-6-21(18)28-27(30)17-34-23-11-8-19(15-25(23)31-2)7-10-22(29)20-9-12-24-26(16-20)33-14-13-32-24/h3-12,15-16H,13-14,17H2,1-2H3,(H,28,30)/b10-7+. The summed E-state index contributed by atoms with van der Waals surface area (Å²) >= 11 is 0. The monoisotopic (exact) mass is 459 g/mol. The van der Waals surface area contributed by atoms with Crippen LogP contribution in [0.4, 0.5) is 5.69 Å². The van der Waals surface area contributed by atoms with Crippen molar-refractivity contribution in [3.05, 3.63) is 83.4 Å². The molecule has 0 aliphatic carbocycles. The van der Waals surface area contributed by atoms with Crippen LogP contribution < -0.4 is 24.3 Å². The third-order valence-electron chi connectivity index (χ3n) is 5.22. The molecule has 0 radical (unpaired) electrons. The van der Waals surface area contributed by atoms with E-state index in [1.54, 1.807) is 42.5 Å². The zero-order valence-electron chi connectivity index (χ0n) is 19.0. The number of hydrogen-bond donors (Lipinski definition) is 1. The van der Waals surface area contributed by atoms with Gasteiger partial charge in [-0.3, -0.25) is 9.59 Å². The zero-order valence-corrected chi connectivity index (χ0v) is 19.0. The van der Waals surface area contributed by atoms with Gasteiger partial charge in [-0.05, 0) is 60.5 Å². The number of methoxy groups -OCH3 is 1. The Morgan fingerprint density at radius 2 is 1.76 bits per heavy atom. The second kappa shape index (κ2) is 10.6. The van der Waals surface area contributed by atoms with Crippen molar-refractivity contribution in [3.8, 4) is 23.0 Å². The maximum Gasteiger partial charge on any atom is 0.262 e. The summed E-state index contributed by atoms with van der Waals surface area (Å²) in [5, 5.41) is 2.83. The molecule has 1 amide bonds. The first-order valence-electron chi connectivity index (χ1n) is 10.8. The van der Waals surface area contributed by atoms with Crippen LogP contribution in [0.1, 0.15) is 21.5 Å². The molecule has 3 aromatic rings. The Labute approximate surface area is 197 Å². The van der Waals surface area contributed by atoms with E-state index in [1.807, 2.05) is 31.2 Å². The molecule has 1 aliphatic rings. The van der Waals surface area contributed by atoms with E-state index in [2.05, 4.69) is 5.32 Å². The number of benzene rings is 3. The normalized spacial score (nSPS) is 12.3. The molecule has 3 aromatic carbocycles. The fourth-order valence-corrected chi connectivity index (χ4v) is 3.41. The third kappa shape index (κ3) is 5.56. The van der Waals surface area contributed by atoms with Gasteiger partial charge in [-0.1, -0.05) is 30.3 Å². The van der Waals surface area contributed by atoms with Gasteiger partial charge in [0.2, 0.25) is 0 Å². The van der Waals surface area contributed by atoms with Crippen LogP contribution in [0.3, 0.4) is 0 Å². The number of anilines is 1. The van der Waals surface area contributed by atoms with Crippen LogP contribution in [0.25, 0.3) is 6.08 Å². The molecular weight excluding hydrogens is 434 g/mol. The lowest BCUT2D eigenvalue weighted by molar-refractivity contribution is -0.118. The molecule has 0 bridgehead atoms. The summed E-state index contributed by atoms with van der Waals surface area (Å²) in [5.41, 5.74) is 2.97. The van der Waals surface area contributed by atoms with E-state index < -0.39 is 0 Å². The van der Waals surface area contributed by atoms with Crippen molar-refractivity contribution < 1.29 is 28.5 Å². The number of ketones is 1. The van der Waals surface area contributed by atoms with Crippen LogP contribution in [0.15, 0.2) is 66.7 Å². The second-order valence-corrected chi connectivity index (χ2v) is 7.62. The summed E-state index contributed by atoms with van der Waals surface area (Å²) in [6, 6.07) is 17.9. The number of fused-ring (bicyclic) bond motifs is 1. The third-order valence-corrected chi connectivity index (χ3v) is 5.22. The van der Waals surface area contributed by atoms with Crippen LogP contribution in [0.2, 0.25) is 0 Å². The average Bonchev–Trinajstić information content (AvgIpc) is 2.87. The van der Waals surface area contributed by atoms with Crippen LogP contribution in [0, 0.1) is 6.92 Å². The fourth-order valence-electron chi connectivity index (χ4n) is 3.41. The maximum absolute atomic E-state index is 12.6. The summed E-state index contributed by atoms with van der Waals surface area (Å²) in [6.45, 7) is 2.72. The number of ether oxygens (including phenoxy) is 4. The molecule has 4 rings (SSSR count). The Morgan fingerprint density at radius 1 is 0.971 bits per heavy atom. The van der Waals surface area contributed by atoms with E-state index in [0.29, 0.717) is 41.8 Å². The molecule has 34 heavy (non-hydrogen) atoms. The number of nitrogens with one attached hydrogen (secondary N) is 1. The van der Waals surface area contributed by atoms with Gasteiger partial charge in [-0.2, -0.15) is 0 Å². The Hall–Kier alpha value is -4.26. The van der Waals surface area contributed by atoms with Crippen LogP contribution in [-0.4, -0.2) is 38.6 Å². The highest BCUT2D eigenvalue weighted by Gasteiger charge is 2.14. The smallest absolute Gasteiger partial charge is 0.262 e. The summed E-state index contributed by atoms with van der Waals surface area (Å²) in [7, 11) is 1.52. The number of hydrogen-bond acceptors (Lipinski definition) is 6. The van der Waals surface area contributed by atoms with Gasteiger partial charge in [0.1, 0.15) is 13.2 Å². The number of carbonyl (C=O) groups is 2. The van der Waals surface area contributed by atoms with Crippen molar-refractivity contribution >= 4 is 23.5 Å². The first kappa shape index (κ1) is 22.9. The van der Waals surface area contributed by atoms with E-state index in [1.165, 1.54) is 13.2 Å². The van der Waals surface area contributed by atoms with Gasteiger partial charge in [0.25, 0.3) is 5.91 Å². The first-order chi connectivity index (χ1) is 16.5. The molecule has 1 heterocycles. The summed E-state index contributed by atoms with van der Waals surface area (Å²) in [4.78, 5) is 24.9. The van der Waals surface area contributed by atoms with Gasteiger partial charge in [0, 0.05) is 11.3 Å². The average molecular weight is 459 g/mol. The SMILES string of the molecule is COc1cc(/C=C/C(=O)c2ccc3c(c2)OCCO3)ccc1OCC(=O)Nc1ccccc1C. The predicted octanol–water partition coefficient (Wildman–Crippen LogP) is 4.69. The number of aryl methyl sites for hydroxylation is 1. The number of amides is 1. The van der Waals surface area contributed by atoms with E-state index in [0.717, 1.165) is 16.8 Å². The highest BCUT2D eigenvalue weighted by Crippen LogP contribution is 2.31. The molecule has 7 heteroatoms. The van der Waals surface area contributed by atoms with Crippen LogP contribution in [0.5, 0.6) is 23.0 Å². The molecule has 7 nitrogen and oxygen atoms in total. The Bertz CT molecular complexity index is 1230. The molecule has 1 N–H and O–H groups in total. The van der Waals surface area contributed by atoms with Crippen molar-refractivity contribution in [1.29, 1.82) is 0 Å². The minimum atomic E-state index is -0.273. The molecule has 174 valence electrons. The molecule has 0 atom stereocenters. The lowest BCUT2D eigenvalue weighted by atomic mass is 10.1. The molecule has 1 aliphatic heterocycles. The van der Waals surface area contributed by atoms with Crippen molar-refractivity contribution in [2.24, 2.45) is 0 Å². The lowest BCUT2D eigenvalue weighted by Gasteiger charge is -2.18. The summed E-state index contributed by atoms with van der Waals surface area (Å²) < 4.78 is 22.1. The minimum absolute atomic E-state index is 0.163. The fraction of sp³-hybridized carbons (Fsp3) is 0.185. The van der Waals surface area contributed by atoms with Gasteiger partial charge < -0.3 is 24.3 Å². The highest BCUT2D eigenvalue weighted by molar-refractivity contribution is 6.07. The Balaban J connectivity index is 1.38. The van der Waals surface area contributed by atoms with E-state index in [-0.39, 0.29) is 18.3 Å². The van der Waals surface area contributed by atoms with Crippen LogP contribution in [-0.2, 0) is 4.79 Å². The van der Waals surface area contributed by atoms with Gasteiger partial charge in [0.05, 0.1) is 7.11 Å². The Morgan fingerprint density at radius 3 is 2.56 bits per heavy atom. The van der Waals surface area contributed by atoms with Gasteiger partial charge in [0.15, 0.2) is 35.4 Å². The molecule has 0 saturated heterocycles. The van der Waals surface area contributed by atoms with Crippen molar-refractivity contribution in [1.82, 2.24) is 0 Å². The molecule has 0 spiro atoms. The van der Waals surface area contributed by atoms with Crippen molar-refractivity contribution in [3.63, 3.8) is 0 Å². The number of allylic oxidation sites excluding steroid dienone is 1. The number of rotatable bonds is 8. The topological polar surface area (TPSA) is 83.1 Å². The van der Waals surface area contributed by atoms with Gasteiger partial charge >= 0.3 is 0 Å². The maximum atomic E-state index is 12.6. The quantitative estimate of drug-likeness (QED) is 0.389. The predicted molar refractivity (Wildman–Crippen MR) is 129 cm³/mol. The zero-order chi connectivity index (χ0) is 23.9. The first-order valence-corrected chi connectivity index (χ1v) is 10.8. The number of para-hydroxylation sites is 1. The van der Waals surface area contributed by atoms with E-state index in [4.69, 9.17) is 18.9 Å². The van der Waals surface area contributed by atoms with E-state index in [9.17, 15) is 9.59 Å². The summed E-state index contributed by atoms with van der Waals surface area (Å²) in [6.07, 6.45) is 3.17. The van der Waals surface area contributed by atoms with Gasteiger partial charge in [-0.15, -0.1) is 0 Å². The molecule has 0 unspecified atom stereocenters. The van der Waals surface area contributed by atoms with E-state index >= 15 is 0 Å². The lowest BCUT2D eigenvalue weighted by Crippen LogP contribution is -2.20. The number of carbonyl (C=O) groups excluding carboxylic acids is 2. The van der Waals surface area contributed by atoms with Gasteiger partial charge in [-0.25, -0.2) is 0 Å². The van der Waals surface area contributed by atoms with Crippen molar-refractivity contribution in [2.45, 2.75) is 6.92 Å². The van der Waals surface area contributed by atoms with Crippen LogP contribution >= 0.6 is 0 Å². The molecule has 0 aromatic heterocycles. The minimum Gasteiger partial charge on any atom is -0.493 e. The Kier molecular flexibility index (Phi) is 7.13. The van der Waals surface area contributed by atoms with Crippen molar-refractivity contribution in [2.75, 3.05) is 32.2 Å². The second-order valence-electron chi connectivity index (χ2n) is 7.62. The largest absolute Gasteiger partial charge is 0.493 e. The molecule has 0 saturated carbocycles. The highest BCUT2D eigenvalue weighted by atomic mass is 16.6. The summed E-state index contributed by atoms with van der Waals surface area (Å²) in [5.74, 6) is 1.66. The molecule has 0 fully saturated rings.